The Morgan fingerprint density at radius 1 is 1.07 bits per heavy atom. The molecule has 0 aromatic heterocycles. The second-order valence-corrected chi connectivity index (χ2v) is 8.10. The number of hydrogen-bond acceptors (Lipinski definition) is 4. The molecule has 2 aromatic rings. The Labute approximate surface area is 158 Å². The van der Waals surface area contributed by atoms with Crippen LogP contribution in [-0.2, 0) is 14.8 Å². The van der Waals surface area contributed by atoms with Crippen molar-refractivity contribution >= 4 is 27.7 Å². The summed E-state index contributed by atoms with van der Waals surface area (Å²) < 4.78 is 26.5. The first-order valence-corrected chi connectivity index (χ1v) is 10.0. The molecule has 0 atom stereocenters. The van der Waals surface area contributed by atoms with Gasteiger partial charge in [0.15, 0.2) is 0 Å². The molecule has 0 bridgehead atoms. The molecule has 1 saturated heterocycles. The Balaban J connectivity index is 1.67. The zero-order chi connectivity index (χ0) is 19.3. The van der Waals surface area contributed by atoms with Gasteiger partial charge in [-0.05, 0) is 54.8 Å². The number of nitrogens with one attached hydrogen (secondary N) is 1. The Bertz CT molecular complexity index is 1000. The summed E-state index contributed by atoms with van der Waals surface area (Å²) >= 11 is 0. The molecule has 0 aliphatic carbocycles. The standard InChI is InChI=1S/C20H19N3O3S/c21-15-17-6-2-1-5-16(17)7-12-20(24)22-18-8-10-19(11-9-18)27(25,26)23-13-3-4-14-23/h1-2,5-12H,3-4,13-14H2,(H,22,24)/b12-7+. The maximum Gasteiger partial charge on any atom is 0.248 e. The zero-order valence-electron chi connectivity index (χ0n) is 14.6. The summed E-state index contributed by atoms with van der Waals surface area (Å²) in [6.07, 6.45) is 4.68. The van der Waals surface area contributed by atoms with Gasteiger partial charge in [-0.1, -0.05) is 18.2 Å². The smallest absolute Gasteiger partial charge is 0.248 e. The molecule has 0 spiro atoms. The maximum atomic E-state index is 12.5. The molecule has 2 aromatic carbocycles. The van der Waals surface area contributed by atoms with Gasteiger partial charge >= 0.3 is 0 Å². The molecule has 0 saturated carbocycles. The van der Waals surface area contributed by atoms with E-state index in [4.69, 9.17) is 5.26 Å². The van der Waals surface area contributed by atoms with Gasteiger partial charge in [-0.25, -0.2) is 8.42 Å². The third-order valence-electron chi connectivity index (χ3n) is 4.32. The molecule has 27 heavy (non-hydrogen) atoms. The monoisotopic (exact) mass is 381 g/mol. The van der Waals surface area contributed by atoms with Crippen LogP contribution in [0.1, 0.15) is 24.0 Å². The van der Waals surface area contributed by atoms with Crippen molar-refractivity contribution in [1.82, 2.24) is 4.31 Å². The Morgan fingerprint density at radius 2 is 1.74 bits per heavy atom. The minimum atomic E-state index is -3.46. The van der Waals surface area contributed by atoms with Crippen LogP contribution in [0.2, 0.25) is 0 Å². The molecule has 1 fully saturated rings. The largest absolute Gasteiger partial charge is 0.323 e. The van der Waals surface area contributed by atoms with E-state index in [0.29, 0.717) is 29.9 Å². The van der Waals surface area contributed by atoms with Crippen LogP contribution in [0.5, 0.6) is 0 Å². The van der Waals surface area contributed by atoms with Gasteiger partial charge in [-0.15, -0.1) is 0 Å². The van der Waals surface area contributed by atoms with Crippen molar-refractivity contribution in [1.29, 1.82) is 5.26 Å². The lowest BCUT2D eigenvalue weighted by Crippen LogP contribution is -2.27. The molecule has 3 rings (SSSR count). The van der Waals surface area contributed by atoms with E-state index in [1.165, 1.54) is 22.5 Å². The van der Waals surface area contributed by atoms with E-state index in [2.05, 4.69) is 11.4 Å². The number of hydrogen-bond donors (Lipinski definition) is 1. The molecule has 138 valence electrons. The molecule has 1 aliphatic rings. The summed E-state index contributed by atoms with van der Waals surface area (Å²) in [5, 5.41) is 11.7. The van der Waals surface area contributed by atoms with Crippen molar-refractivity contribution in [3.8, 4) is 6.07 Å². The van der Waals surface area contributed by atoms with Crippen LogP contribution < -0.4 is 5.32 Å². The topological polar surface area (TPSA) is 90.3 Å². The Kier molecular flexibility index (Phi) is 5.69. The molecule has 6 nitrogen and oxygen atoms in total. The van der Waals surface area contributed by atoms with Crippen LogP contribution in [0.3, 0.4) is 0 Å². The fourth-order valence-electron chi connectivity index (χ4n) is 2.88. The summed E-state index contributed by atoms with van der Waals surface area (Å²) in [5.74, 6) is -0.363. The summed E-state index contributed by atoms with van der Waals surface area (Å²) in [5.41, 5.74) is 1.64. The number of rotatable bonds is 5. The first-order chi connectivity index (χ1) is 13.0. The number of anilines is 1. The SMILES string of the molecule is N#Cc1ccccc1/C=C/C(=O)Nc1ccc(S(=O)(=O)N2CCCC2)cc1. The van der Waals surface area contributed by atoms with E-state index in [1.54, 1.807) is 42.5 Å². The number of nitriles is 1. The average molecular weight is 381 g/mol. The molecule has 1 amide bonds. The minimum absolute atomic E-state index is 0.223. The van der Waals surface area contributed by atoms with Crippen molar-refractivity contribution in [3.05, 3.63) is 65.7 Å². The Hall–Kier alpha value is -2.95. The quantitative estimate of drug-likeness (QED) is 0.806. The van der Waals surface area contributed by atoms with E-state index in [-0.39, 0.29) is 10.8 Å². The van der Waals surface area contributed by atoms with E-state index >= 15 is 0 Å². The van der Waals surface area contributed by atoms with Crippen molar-refractivity contribution in [3.63, 3.8) is 0 Å². The van der Waals surface area contributed by atoms with Gasteiger partial charge in [-0.2, -0.15) is 9.57 Å². The number of amides is 1. The summed E-state index contributed by atoms with van der Waals surface area (Å²) in [4.78, 5) is 12.3. The van der Waals surface area contributed by atoms with Crippen LogP contribution in [0.4, 0.5) is 5.69 Å². The lowest BCUT2D eigenvalue weighted by molar-refractivity contribution is -0.111. The van der Waals surface area contributed by atoms with E-state index in [9.17, 15) is 13.2 Å². The highest BCUT2D eigenvalue weighted by atomic mass is 32.2. The first kappa shape index (κ1) is 18.8. The highest BCUT2D eigenvalue weighted by molar-refractivity contribution is 7.89. The van der Waals surface area contributed by atoms with Gasteiger partial charge in [0.2, 0.25) is 15.9 Å². The third kappa shape index (κ3) is 4.42. The highest BCUT2D eigenvalue weighted by Crippen LogP contribution is 2.22. The fraction of sp³-hybridized carbons (Fsp3) is 0.200. The van der Waals surface area contributed by atoms with Gasteiger partial charge in [0, 0.05) is 24.9 Å². The molecule has 7 heteroatoms. The van der Waals surface area contributed by atoms with Crippen LogP contribution in [0.25, 0.3) is 6.08 Å². The van der Waals surface area contributed by atoms with E-state index in [0.717, 1.165) is 12.8 Å². The summed E-state index contributed by atoms with van der Waals surface area (Å²) in [6.45, 7) is 1.10. The van der Waals surface area contributed by atoms with Crippen molar-refractivity contribution < 1.29 is 13.2 Å². The second kappa shape index (κ2) is 8.16. The maximum absolute atomic E-state index is 12.5. The van der Waals surface area contributed by atoms with E-state index < -0.39 is 10.0 Å². The third-order valence-corrected chi connectivity index (χ3v) is 6.23. The predicted octanol–water partition coefficient (Wildman–Crippen LogP) is 2.99. The van der Waals surface area contributed by atoms with Gasteiger partial charge < -0.3 is 5.32 Å². The molecule has 0 unspecified atom stereocenters. The molecule has 0 radical (unpaired) electrons. The van der Waals surface area contributed by atoms with Gasteiger partial charge in [0.05, 0.1) is 16.5 Å². The number of nitrogens with zero attached hydrogens (tertiary/aromatic N) is 2. The average Bonchev–Trinajstić information content (AvgIpc) is 3.23. The molecule has 1 heterocycles. The summed E-state index contributed by atoms with van der Waals surface area (Å²) in [7, 11) is -3.46. The van der Waals surface area contributed by atoms with Crippen LogP contribution >= 0.6 is 0 Å². The number of carbonyl (C=O) groups excluding carboxylic acids is 1. The van der Waals surface area contributed by atoms with Crippen LogP contribution in [0.15, 0.2) is 59.5 Å². The number of sulfonamides is 1. The second-order valence-electron chi connectivity index (χ2n) is 6.16. The van der Waals surface area contributed by atoms with Crippen LogP contribution in [0, 0.1) is 11.3 Å². The van der Waals surface area contributed by atoms with Gasteiger partial charge in [-0.3, -0.25) is 4.79 Å². The zero-order valence-corrected chi connectivity index (χ0v) is 15.4. The first-order valence-electron chi connectivity index (χ1n) is 8.59. The lowest BCUT2D eigenvalue weighted by Gasteiger charge is -2.15. The fourth-order valence-corrected chi connectivity index (χ4v) is 4.40. The Morgan fingerprint density at radius 3 is 2.41 bits per heavy atom. The normalized spacial score (nSPS) is 14.9. The number of carbonyl (C=O) groups is 1. The van der Waals surface area contributed by atoms with Crippen molar-refractivity contribution in [2.75, 3.05) is 18.4 Å². The van der Waals surface area contributed by atoms with Crippen LogP contribution in [-0.4, -0.2) is 31.7 Å². The molecular formula is C20H19N3O3S. The van der Waals surface area contributed by atoms with E-state index in [1.807, 2.05) is 0 Å². The van der Waals surface area contributed by atoms with Crippen molar-refractivity contribution in [2.24, 2.45) is 0 Å². The highest BCUT2D eigenvalue weighted by Gasteiger charge is 2.26. The van der Waals surface area contributed by atoms with Gasteiger partial charge in [0.1, 0.15) is 0 Å². The number of benzene rings is 2. The minimum Gasteiger partial charge on any atom is -0.323 e. The summed E-state index contributed by atoms with van der Waals surface area (Å²) in [6, 6.07) is 15.2. The molecule has 1 aliphatic heterocycles. The van der Waals surface area contributed by atoms with Crippen molar-refractivity contribution in [2.45, 2.75) is 17.7 Å². The molecule has 1 N–H and O–H groups in total. The van der Waals surface area contributed by atoms with Gasteiger partial charge in [0.25, 0.3) is 0 Å². The predicted molar refractivity (Wildman–Crippen MR) is 103 cm³/mol. The molecular weight excluding hydrogens is 362 g/mol. The lowest BCUT2D eigenvalue weighted by atomic mass is 10.1.